The zero-order valence-corrected chi connectivity index (χ0v) is 33.4. The molecule has 2 unspecified atom stereocenters. The number of hydrogen-bond acceptors (Lipinski definition) is 14. The molecule has 14 heteroatoms. The van der Waals surface area contributed by atoms with Crippen LogP contribution in [0.5, 0.6) is 0 Å². The van der Waals surface area contributed by atoms with Gasteiger partial charge in [-0.15, -0.1) is 0 Å². The molecule has 0 spiro atoms. The summed E-state index contributed by atoms with van der Waals surface area (Å²) in [7, 11) is 7.37. The number of rotatable bonds is 8. The van der Waals surface area contributed by atoms with Crippen molar-refractivity contribution in [2.75, 3.05) is 41.3 Å². The number of nitrogens with one attached hydrogen (secondary N) is 1. The lowest BCUT2D eigenvalue weighted by atomic mass is 9.78. The number of cyclic esters (lactones) is 1. The minimum Gasteiger partial charge on any atom is -0.459 e. The Labute approximate surface area is 315 Å². The average Bonchev–Trinajstić information content (AvgIpc) is 3.45. The maximum atomic E-state index is 14.4. The summed E-state index contributed by atoms with van der Waals surface area (Å²) in [4.78, 5) is 46.0. The number of benzene rings is 1. The predicted molar refractivity (Wildman–Crippen MR) is 198 cm³/mol. The Bertz CT molecular complexity index is 1390. The first-order chi connectivity index (χ1) is 24.9. The van der Waals surface area contributed by atoms with Gasteiger partial charge in [-0.25, -0.2) is 4.79 Å². The normalized spacial score (nSPS) is 40.9. The lowest BCUT2D eigenvalue weighted by Crippen LogP contribution is -2.61. The molecule has 0 amide bonds. The van der Waals surface area contributed by atoms with Gasteiger partial charge in [0.2, 0.25) is 6.41 Å². The second kappa shape index (κ2) is 17.9. The third-order valence-electron chi connectivity index (χ3n) is 11.8. The summed E-state index contributed by atoms with van der Waals surface area (Å²) in [5.41, 5.74) is 4.36. The number of hydrogen-bond donors (Lipinski definition) is 3. The smallest absolute Gasteiger partial charge is 0.338 e. The molecule has 4 rings (SSSR count). The van der Waals surface area contributed by atoms with E-state index in [1.54, 1.807) is 38.3 Å². The highest BCUT2D eigenvalue weighted by atomic mass is 16.7. The molecular weight excluding hydrogens is 684 g/mol. The standard InChI is InChI=1S/C39H64N4O10/c1-12-29-39(7)32(41-37(47)53-39)25(5)43(10)21-22(2)19-38(6,48-11)33(23(3)30(44)24(4)34(45)50-29)52-36-31(28(42(8)9)18-27(20-40)49-36)51-35(46)26-16-14-13-15-17-26/h13-17,22-25,27-29,31-33,36-37,41,47H,12,18-21,40H2,1-11H3/t22-,23+,24?,25-,27+,28?,29-,31-,32-,33-,36+,37-,38-,39-/m1/s1. The van der Waals surface area contributed by atoms with Crippen LogP contribution >= 0.6 is 0 Å². The molecule has 3 saturated heterocycles. The van der Waals surface area contributed by atoms with Gasteiger partial charge in [0.05, 0.1) is 35.5 Å². The minimum atomic E-state index is -1.25. The van der Waals surface area contributed by atoms with Crippen LogP contribution in [0.3, 0.4) is 0 Å². The van der Waals surface area contributed by atoms with Gasteiger partial charge in [0.1, 0.15) is 17.6 Å². The van der Waals surface area contributed by atoms with Crippen molar-refractivity contribution in [3.05, 3.63) is 35.9 Å². The Balaban J connectivity index is 1.77. The number of Topliss-reactive ketones (excluding diaryl/α,β-unsaturated/α-hetero) is 1. The summed E-state index contributed by atoms with van der Waals surface area (Å²) < 4.78 is 38.0. The Morgan fingerprint density at radius 2 is 1.79 bits per heavy atom. The van der Waals surface area contributed by atoms with Crippen LogP contribution in [0.2, 0.25) is 0 Å². The Morgan fingerprint density at radius 1 is 1.13 bits per heavy atom. The number of aliphatic hydroxyl groups excluding tert-OH is 1. The summed E-state index contributed by atoms with van der Waals surface area (Å²) in [6.45, 7) is 13.8. The first-order valence-electron chi connectivity index (χ1n) is 19.0. The van der Waals surface area contributed by atoms with Gasteiger partial charge < -0.3 is 49.1 Å². The lowest BCUT2D eigenvalue weighted by molar-refractivity contribution is -0.295. The Kier molecular flexibility index (Phi) is 14.6. The number of ketones is 1. The molecule has 14 atom stereocenters. The summed E-state index contributed by atoms with van der Waals surface area (Å²) in [6.07, 6.45) is -4.12. The number of esters is 2. The highest BCUT2D eigenvalue weighted by Gasteiger charge is 2.55. The second-order valence-corrected chi connectivity index (χ2v) is 16.0. The van der Waals surface area contributed by atoms with Crippen LogP contribution in [0.25, 0.3) is 0 Å². The molecule has 14 nitrogen and oxygen atoms in total. The van der Waals surface area contributed by atoms with Gasteiger partial charge in [0.15, 0.2) is 18.2 Å². The Morgan fingerprint density at radius 3 is 2.38 bits per heavy atom. The molecule has 1 aromatic carbocycles. The van der Waals surface area contributed by atoms with E-state index in [1.807, 2.05) is 59.8 Å². The first kappa shape index (κ1) is 43.2. The highest BCUT2D eigenvalue weighted by Crippen LogP contribution is 2.39. The van der Waals surface area contributed by atoms with Gasteiger partial charge in [0, 0.05) is 32.2 Å². The molecule has 0 radical (unpaired) electrons. The largest absolute Gasteiger partial charge is 0.459 e. The van der Waals surface area contributed by atoms with E-state index in [0.29, 0.717) is 31.4 Å². The number of fused-ring (bicyclic) bond motifs is 1. The second-order valence-electron chi connectivity index (χ2n) is 16.0. The SMILES string of the molecule is CC[C@H]1OC(=O)C(C)C(=O)[C@H](C)[C@@H](O[C@@H]2O[C@H](CN)CC(N(C)C)[C@H]2OC(=O)c2ccccc2)[C@](C)(OC)C[C@@H](C)CN(C)[C@H](C)[C@H]2N[C@H](O)O[C@@]21C. The Hall–Kier alpha value is -2.53. The lowest BCUT2D eigenvalue weighted by Gasteiger charge is -2.48. The van der Waals surface area contributed by atoms with E-state index >= 15 is 0 Å². The van der Waals surface area contributed by atoms with Crippen LogP contribution in [-0.2, 0) is 38.0 Å². The van der Waals surface area contributed by atoms with E-state index < -0.39 is 83.9 Å². The fourth-order valence-electron chi connectivity index (χ4n) is 8.56. The van der Waals surface area contributed by atoms with Crippen LogP contribution in [0.15, 0.2) is 30.3 Å². The number of carbonyl (C=O) groups excluding carboxylic acids is 3. The zero-order valence-electron chi connectivity index (χ0n) is 33.4. The van der Waals surface area contributed by atoms with Crippen LogP contribution in [0.4, 0.5) is 0 Å². The number of ether oxygens (including phenoxy) is 6. The van der Waals surface area contributed by atoms with E-state index in [-0.39, 0.29) is 24.5 Å². The molecular formula is C39H64N4O10. The highest BCUT2D eigenvalue weighted by molar-refractivity contribution is 6.00. The van der Waals surface area contributed by atoms with E-state index in [2.05, 4.69) is 17.1 Å². The van der Waals surface area contributed by atoms with Crippen molar-refractivity contribution in [1.82, 2.24) is 15.1 Å². The molecule has 4 N–H and O–H groups in total. The molecule has 3 aliphatic rings. The zero-order chi connectivity index (χ0) is 39.4. The van der Waals surface area contributed by atoms with Crippen molar-refractivity contribution < 1.29 is 47.9 Å². The third-order valence-corrected chi connectivity index (χ3v) is 11.8. The number of methoxy groups -OCH3 is 1. The van der Waals surface area contributed by atoms with E-state index in [9.17, 15) is 19.5 Å². The summed E-state index contributed by atoms with van der Waals surface area (Å²) in [5, 5.41) is 13.7. The van der Waals surface area contributed by atoms with Gasteiger partial charge in [-0.3, -0.25) is 14.9 Å². The van der Waals surface area contributed by atoms with Crippen LogP contribution in [0, 0.1) is 17.8 Å². The number of likely N-dealkylation sites (N-methyl/N-ethyl adjacent to an activating group) is 2. The van der Waals surface area contributed by atoms with Gasteiger partial charge in [-0.1, -0.05) is 39.0 Å². The van der Waals surface area contributed by atoms with Crippen molar-refractivity contribution in [1.29, 1.82) is 0 Å². The van der Waals surface area contributed by atoms with E-state index in [1.165, 1.54) is 6.92 Å². The van der Waals surface area contributed by atoms with Crippen molar-refractivity contribution in [3.63, 3.8) is 0 Å². The van der Waals surface area contributed by atoms with Crippen molar-refractivity contribution in [3.8, 4) is 0 Å². The maximum Gasteiger partial charge on any atom is 0.338 e. The molecule has 53 heavy (non-hydrogen) atoms. The third kappa shape index (κ3) is 9.47. The number of nitrogens with zero attached hydrogens (tertiary/aromatic N) is 2. The maximum absolute atomic E-state index is 14.4. The minimum absolute atomic E-state index is 0.00648. The van der Waals surface area contributed by atoms with Crippen molar-refractivity contribution in [2.24, 2.45) is 23.5 Å². The summed E-state index contributed by atoms with van der Waals surface area (Å²) in [6, 6.07) is 7.79. The fourth-order valence-corrected chi connectivity index (χ4v) is 8.56. The first-order valence-corrected chi connectivity index (χ1v) is 19.0. The number of aliphatic hydroxyl groups is 1. The van der Waals surface area contributed by atoms with Gasteiger partial charge >= 0.3 is 11.9 Å². The molecule has 0 bridgehead atoms. The topological polar surface area (TPSA) is 171 Å². The van der Waals surface area contributed by atoms with Crippen LogP contribution < -0.4 is 11.1 Å². The van der Waals surface area contributed by atoms with E-state index in [4.69, 9.17) is 34.2 Å². The van der Waals surface area contributed by atoms with Crippen LogP contribution in [-0.4, -0.2) is 140 Å². The molecule has 0 aliphatic carbocycles. The molecule has 3 fully saturated rings. The average molecular weight is 749 g/mol. The number of carbonyl (C=O) groups is 3. The molecule has 300 valence electrons. The van der Waals surface area contributed by atoms with Crippen LogP contribution in [0.1, 0.15) is 78.1 Å². The van der Waals surface area contributed by atoms with Gasteiger partial charge in [0.25, 0.3) is 0 Å². The molecule has 3 heterocycles. The van der Waals surface area contributed by atoms with Gasteiger partial charge in [-0.2, -0.15) is 0 Å². The fraction of sp³-hybridized carbons (Fsp3) is 0.769. The predicted octanol–water partition coefficient (Wildman–Crippen LogP) is 2.55. The quantitative estimate of drug-likeness (QED) is 0.262. The van der Waals surface area contributed by atoms with Crippen molar-refractivity contribution in [2.45, 2.75) is 134 Å². The van der Waals surface area contributed by atoms with Crippen molar-refractivity contribution >= 4 is 17.7 Å². The number of nitrogens with two attached hydrogens (primary N) is 1. The molecule has 0 saturated carbocycles. The summed E-state index contributed by atoms with van der Waals surface area (Å²) in [5.74, 6) is -3.74. The molecule has 0 aromatic heterocycles. The molecule has 3 aliphatic heterocycles. The molecule has 1 aromatic rings. The monoisotopic (exact) mass is 748 g/mol. The van der Waals surface area contributed by atoms with Gasteiger partial charge in [-0.05, 0) is 86.2 Å². The summed E-state index contributed by atoms with van der Waals surface area (Å²) >= 11 is 0. The van der Waals surface area contributed by atoms with E-state index in [0.717, 1.165) is 0 Å².